The third kappa shape index (κ3) is 3.54. The molecule has 0 saturated heterocycles. The molecule has 0 bridgehead atoms. The van der Waals surface area contributed by atoms with E-state index in [0.29, 0.717) is 13.0 Å². The van der Waals surface area contributed by atoms with Gasteiger partial charge < -0.3 is 14.9 Å². The zero-order valence-electron chi connectivity index (χ0n) is 17.1. The number of carboxylic acids is 2. The summed E-state index contributed by atoms with van der Waals surface area (Å²) in [7, 11) is 0. The van der Waals surface area contributed by atoms with E-state index in [0.717, 1.165) is 16.7 Å². The van der Waals surface area contributed by atoms with Crippen LogP contribution in [-0.4, -0.2) is 39.7 Å². The van der Waals surface area contributed by atoms with Crippen LogP contribution in [0, 0.1) is 5.41 Å². The van der Waals surface area contributed by atoms with E-state index < -0.39 is 29.0 Å². The van der Waals surface area contributed by atoms with Gasteiger partial charge in [0.05, 0.1) is 5.54 Å². The van der Waals surface area contributed by atoms with Crippen molar-refractivity contribution in [1.29, 1.82) is 0 Å². The molecule has 0 atom stereocenters. The Morgan fingerprint density at radius 1 is 0.871 bits per heavy atom. The van der Waals surface area contributed by atoms with Crippen LogP contribution in [0.5, 0.6) is 0 Å². The maximum Gasteiger partial charge on any atom is 0.410 e. The lowest BCUT2D eigenvalue weighted by atomic mass is 9.63. The highest BCUT2D eigenvalue weighted by atomic mass is 16.6. The molecular formula is C24H25NO6. The van der Waals surface area contributed by atoms with Crippen LogP contribution >= 0.6 is 0 Å². The molecule has 7 nitrogen and oxygen atoms in total. The standard InChI is InChI=1S/C24H25NO6/c26-20(27)23(21(28)29)11-13-24(14-12-23)19-9-5-4-8-18(19)10-15-25(24)22(30)31-16-17-6-2-1-3-7-17/h1-9H,10-16H2,(H,26,27)(H,28,29). The zero-order valence-corrected chi connectivity index (χ0v) is 17.1. The number of benzene rings is 2. The first-order chi connectivity index (χ1) is 14.9. The lowest BCUT2D eigenvalue weighted by molar-refractivity contribution is -0.169. The van der Waals surface area contributed by atoms with E-state index in [2.05, 4.69) is 0 Å². The van der Waals surface area contributed by atoms with Gasteiger partial charge in [-0.05, 0) is 48.8 Å². The van der Waals surface area contributed by atoms with Gasteiger partial charge in [-0.3, -0.25) is 14.5 Å². The van der Waals surface area contributed by atoms with Crippen LogP contribution in [0.1, 0.15) is 42.4 Å². The summed E-state index contributed by atoms with van der Waals surface area (Å²) in [6.07, 6.45) is 0.618. The van der Waals surface area contributed by atoms with Crippen LogP contribution < -0.4 is 0 Å². The SMILES string of the molecule is O=C(OCc1ccccc1)N1CCc2ccccc2C12CCC(C(=O)O)(C(=O)O)CC2. The molecule has 1 saturated carbocycles. The number of carbonyl (C=O) groups is 3. The summed E-state index contributed by atoms with van der Waals surface area (Å²) in [6, 6.07) is 17.2. The van der Waals surface area contributed by atoms with E-state index in [1.165, 1.54) is 0 Å². The number of ether oxygens (including phenoxy) is 1. The van der Waals surface area contributed by atoms with Crippen LogP contribution in [0.4, 0.5) is 4.79 Å². The summed E-state index contributed by atoms with van der Waals surface area (Å²) in [4.78, 5) is 38.5. The fraction of sp³-hybridized carbons (Fsp3) is 0.375. The number of carbonyl (C=O) groups excluding carboxylic acids is 1. The van der Waals surface area contributed by atoms with Crippen molar-refractivity contribution in [2.75, 3.05) is 6.54 Å². The van der Waals surface area contributed by atoms with Gasteiger partial charge in [-0.15, -0.1) is 0 Å². The molecule has 31 heavy (non-hydrogen) atoms. The Morgan fingerprint density at radius 2 is 1.48 bits per heavy atom. The summed E-state index contributed by atoms with van der Waals surface area (Å²) in [6.45, 7) is 0.583. The van der Waals surface area contributed by atoms with Gasteiger partial charge in [-0.1, -0.05) is 54.6 Å². The molecule has 0 aromatic heterocycles. The molecule has 1 heterocycles. The quantitative estimate of drug-likeness (QED) is 0.725. The Hall–Kier alpha value is -3.35. The van der Waals surface area contributed by atoms with Crippen molar-refractivity contribution in [2.24, 2.45) is 5.41 Å². The second-order valence-electron chi connectivity index (χ2n) is 8.32. The molecule has 2 aromatic carbocycles. The van der Waals surface area contributed by atoms with Crippen molar-refractivity contribution in [3.05, 3.63) is 71.3 Å². The lowest BCUT2D eigenvalue weighted by Crippen LogP contribution is -2.58. The van der Waals surface area contributed by atoms with Crippen molar-refractivity contribution in [2.45, 2.75) is 44.2 Å². The molecule has 1 aliphatic heterocycles. The van der Waals surface area contributed by atoms with Gasteiger partial charge in [0.2, 0.25) is 0 Å². The maximum absolute atomic E-state index is 13.2. The van der Waals surface area contributed by atoms with Gasteiger partial charge in [-0.2, -0.15) is 0 Å². The van der Waals surface area contributed by atoms with E-state index in [9.17, 15) is 24.6 Å². The maximum atomic E-state index is 13.2. The normalized spacial score (nSPS) is 18.8. The first-order valence-electron chi connectivity index (χ1n) is 10.4. The summed E-state index contributed by atoms with van der Waals surface area (Å²) in [5.74, 6) is -2.64. The highest BCUT2D eigenvalue weighted by molar-refractivity contribution is 5.98. The largest absolute Gasteiger partial charge is 0.480 e. The van der Waals surface area contributed by atoms with E-state index in [1.54, 1.807) is 4.90 Å². The minimum atomic E-state index is -1.82. The Bertz CT molecular complexity index is 978. The van der Waals surface area contributed by atoms with Crippen molar-refractivity contribution in [3.63, 3.8) is 0 Å². The van der Waals surface area contributed by atoms with Crippen LogP contribution in [0.15, 0.2) is 54.6 Å². The Kier molecular flexibility index (Phi) is 5.43. The molecule has 0 unspecified atom stereocenters. The number of aliphatic carboxylic acids is 2. The third-order valence-corrected chi connectivity index (χ3v) is 6.82. The van der Waals surface area contributed by atoms with Gasteiger partial charge in [-0.25, -0.2) is 4.79 Å². The lowest BCUT2D eigenvalue weighted by Gasteiger charge is -2.52. The van der Waals surface area contributed by atoms with Gasteiger partial charge in [0.25, 0.3) is 0 Å². The number of fused-ring (bicyclic) bond motifs is 2. The van der Waals surface area contributed by atoms with Crippen molar-refractivity contribution in [3.8, 4) is 0 Å². The second kappa shape index (κ2) is 8.06. The summed E-state index contributed by atoms with van der Waals surface area (Å²) in [5.41, 5.74) is 0.352. The first-order valence-corrected chi connectivity index (χ1v) is 10.4. The van der Waals surface area contributed by atoms with Gasteiger partial charge in [0.15, 0.2) is 5.41 Å². The van der Waals surface area contributed by atoms with E-state index in [4.69, 9.17) is 4.74 Å². The molecule has 7 heteroatoms. The Balaban J connectivity index is 1.64. The minimum Gasteiger partial charge on any atom is -0.480 e. The van der Waals surface area contributed by atoms with Crippen molar-refractivity contribution < 1.29 is 29.3 Å². The van der Waals surface area contributed by atoms with E-state index in [-0.39, 0.29) is 32.3 Å². The second-order valence-corrected chi connectivity index (χ2v) is 8.32. The number of nitrogens with zero attached hydrogens (tertiary/aromatic N) is 1. The predicted octanol–water partition coefficient (Wildman–Crippen LogP) is 3.81. The molecule has 2 aromatic rings. The molecule has 2 N–H and O–H groups in total. The van der Waals surface area contributed by atoms with Gasteiger partial charge in [0, 0.05) is 6.54 Å². The van der Waals surface area contributed by atoms with Crippen molar-refractivity contribution >= 4 is 18.0 Å². The molecular weight excluding hydrogens is 398 g/mol. The van der Waals surface area contributed by atoms with Gasteiger partial charge in [0.1, 0.15) is 6.61 Å². The van der Waals surface area contributed by atoms with Crippen LogP contribution in [-0.2, 0) is 32.9 Å². The molecule has 1 aliphatic carbocycles. The molecule has 4 rings (SSSR count). The number of hydrogen-bond donors (Lipinski definition) is 2. The number of amides is 1. The minimum absolute atomic E-state index is 0.0472. The fourth-order valence-corrected chi connectivity index (χ4v) is 5.00. The smallest absolute Gasteiger partial charge is 0.410 e. The summed E-state index contributed by atoms with van der Waals surface area (Å²) < 4.78 is 5.61. The molecule has 2 aliphatic rings. The predicted molar refractivity (Wildman–Crippen MR) is 111 cm³/mol. The molecule has 1 amide bonds. The zero-order chi connectivity index (χ0) is 22.1. The molecule has 0 radical (unpaired) electrons. The van der Waals surface area contributed by atoms with Crippen LogP contribution in [0.3, 0.4) is 0 Å². The third-order valence-electron chi connectivity index (χ3n) is 6.82. The average Bonchev–Trinajstić information content (AvgIpc) is 2.79. The number of hydrogen-bond acceptors (Lipinski definition) is 4. The monoisotopic (exact) mass is 423 g/mol. The number of carboxylic acid groups (broad SMARTS) is 2. The van der Waals surface area contributed by atoms with E-state index in [1.807, 2.05) is 54.6 Å². The Morgan fingerprint density at radius 3 is 2.13 bits per heavy atom. The van der Waals surface area contributed by atoms with Crippen LogP contribution in [0.25, 0.3) is 0 Å². The summed E-state index contributed by atoms with van der Waals surface area (Å²) in [5, 5.41) is 19.3. The number of rotatable bonds is 4. The van der Waals surface area contributed by atoms with Crippen LogP contribution in [0.2, 0.25) is 0 Å². The topological polar surface area (TPSA) is 104 Å². The highest BCUT2D eigenvalue weighted by Gasteiger charge is 2.56. The fourth-order valence-electron chi connectivity index (χ4n) is 5.00. The first kappa shape index (κ1) is 20.9. The molecule has 1 spiro atoms. The van der Waals surface area contributed by atoms with Crippen molar-refractivity contribution in [1.82, 2.24) is 4.90 Å². The average molecular weight is 423 g/mol. The highest BCUT2D eigenvalue weighted by Crippen LogP contribution is 2.51. The summed E-state index contributed by atoms with van der Waals surface area (Å²) >= 11 is 0. The molecule has 1 fully saturated rings. The Labute approximate surface area is 180 Å². The van der Waals surface area contributed by atoms with Gasteiger partial charge >= 0.3 is 18.0 Å². The molecule has 162 valence electrons. The van der Waals surface area contributed by atoms with E-state index >= 15 is 0 Å².